The quantitative estimate of drug-likeness (QED) is 0.765. The first-order chi connectivity index (χ1) is 10.4. The Morgan fingerprint density at radius 3 is 2.82 bits per heavy atom. The second kappa shape index (κ2) is 6.92. The van der Waals surface area contributed by atoms with E-state index in [-0.39, 0.29) is 11.8 Å². The Balaban J connectivity index is 1.95. The van der Waals surface area contributed by atoms with Crippen LogP contribution in [0.1, 0.15) is 37.2 Å². The molecule has 0 bridgehead atoms. The first-order valence-electron chi connectivity index (χ1n) is 7.92. The average Bonchev–Trinajstić information content (AvgIpc) is 2.93. The third kappa shape index (κ3) is 3.47. The number of hydrogen-bond acceptors (Lipinski definition) is 3. The Labute approximate surface area is 131 Å². The van der Waals surface area contributed by atoms with Crippen molar-refractivity contribution in [1.29, 1.82) is 0 Å². The molecule has 120 valence electrons. The molecule has 5 nitrogen and oxygen atoms in total. The minimum Gasteiger partial charge on any atom is -0.354 e. The zero-order valence-corrected chi connectivity index (χ0v) is 13.9. The molecule has 1 aromatic carbocycles. The summed E-state index contributed by atoms with van der Waals surface area (Å²) in [6.07, 6.45) is 1.57. The van der Waals surface area contributed by atoms with Gasteiger partial charge in [0.15, 0.2) is 0 Å². The van der Waals surface area contributed by atoms with Crippen LogP contribution in [-0.2, 0) is 11.2 Å². The molecule has 4 N–H and O–H groups in total. The SMILES string of the molecule is CC[C@H](C)[C@H](N)C(=O)NCCc1nc2c(C)c(C)ccc2[nH]1. The van der Waals surface area contributed by atoms with Gasteiger partial charge >= 0.3 is 0 Å². The van der Waals surface area contributed by atoms with E-state index in [0.717, 1.165) is 23.3 Å². The van der Waals surface area contributed by atoms with Gasteiger partial charge in [-0.25, -0.2) is 4.98 Å². The van der Waals surface area contributed by atoms with E-state index >= 15 is 0 Å². The molecule has 0 radical (unpaired) electrons. The van der Waals surface area contributed by atoms with Crippen LogP contribution in [-0.4, -0.2) is 28.5 Å². The first kappa shape index (κ1) is 16.5. The number of rotatable bonds is 6. The van der Waals surface area contributed by atoms with Crippen molar-refractivity contribution in [2.45, 2.75) is 46.6 Å². The van der Waals surface area contributed by atoms with Gasteiger partial charge in [-0.1, -0.05) is 26.3 Å². The van der Waals surface area contributed by atoms with Crippen LogP contribution in [0, 0.1) is 19.8 Å². The summed E-state index contributed by atoms with van der Waals surface area (Å²) in [6, 6.07) is 3.70. The van der Waals surface area contributed by atoms with Crippen LogP contribution >= 0.6 is 0 Å². The molecular formula is C17H26N4O. The van der Waals surface area contributed by atoms with E-state index in [9.17, 15) is 4.79 Å². The Morgan fingerprint density at radius 1 is 1.41 bits per heavy atom. The number of aryl methyl sites for hydroxylation is 2. The number of fused-ring (bicyclic) bond motifs is 1. The summed E-state index contributed by atoms with van der Waals surface area (Å²) in [5, 5.41) is 2.89. The molecule has 0 unspecified atom stereocenters. The van der Waals surface area contributed by atoms with Crippen molar-refractivity contribution in [2.75, 3.05) is 6.54 Å². The lowest BCUT2D eigenvalue weighted by atomic mass is 9.99. The van der Waals surface area contributed by atoms with Crippen LogP contribution in [0.3, 0.4) is 0 Å². The van der Waals surface area contributed by atoms with Crippen molar-refractivity contribution in [3.05, 3.63) is 29.1 Å². The molecule has 0 aliphatic rings. The number of amides is 1. The molecule has 1 heterocycles. The number of benzene rings is 1. The number of nitrogens with two attached hydrogens (primary N) is 1. The smallest absolute Gasteiger partial charge is 0.237 e. The standard InChI is InChI=1S/C17H26N4O/c1-5-10(2)15(18)17(22)19-9-8-14-20-13-7-6-11(3)12(4)16(13)21-14/h6-7,10,15H,5,8-9,18H2,1-4H3,(H,19,22)(H,20,21)/t10-,15-/m0/s1. The van der Waals surface area contributed by atoms with Crippen LogP contribution in [0.2, 0.25) is 0 Å². The number of aromatic amines is 1. The van der Waals surface area contributed by atoms with Crippen LogP contribution in [0.15, 0.2) is 12.1 Å². The van der Waals surface area contributed by atoms with E-state index in [4.69, 9.17) is 5.73 Å². The summed E-state index contributed by atoms with van der Waals surface area (Å²) in [4.78, 5) is 19.9. The second-order valence-electron chi connectivity index (χ2n) is 6.04. The molecule has 2 aromatic rings. The van der Waals surface area contributed by atoms with E-state index < -0.39 is 6.04 Å². The average molecular weight is 302 g/mol. The van der Waals surface area contributed by atoms with Gasteiger partial charge in [0, 0.05) is 13.0 Å². The molecule has 5 heteroatoms. The van der Waals surface area contributed by atoms with Crippen molar-refractivity contribution in [2.24, 2.45) is 11.7 Å². The summed E-state index contributed by atoms with van der Waals surface area (Å²) >= 11 is 0. The lowest BCUT2D eigenvalue weighted by Gasteiger charge is -2.17. The van der Waals surface area contributed by atoms with Crippen LogP contribution in [0.25, 0.3) is 11.0 Å². The summed E-state index contributed by atoms with van der Waals surface area (Å²) < 4.78 is 0. The highest BCUT2D eigenvalue weighted by Crippen LogP contribution is 2.19. The minimum absolute atomic E-state index is 0.0857. The van der Waals surface area contributed by atoms with Gasteiger partial charge in [-0.15, -0.1) is 0 Å². The molecule has 22 heavy (non-hydrogen) atoms. The monoisotopic (exact) mass is 302 g/mol. The fourth-order valence-corrected chi connectivity index (χ4v) is 2.42. The number of nitrogens with zero attached hydrogens (tertiary/aromatic N) is 1. The summed E-state index contributed by atoms with van der Waals surface area (Å²) in [5.74, 6) is 0.996. The van der Waals surface area contributed by atoms with E-state index in [2.05, 4.69) is 35.2 Å². The fraction of sp³-hybridized carbons (Fsp3) is 0.529. The molecule has 0 aliphatic carbocycles. The predicted octanol–water partition coefficient (Wildman–Crippen LogP) is 2.21. The lowest BCUT2D eigenvalue weighted by Crippen LogP contribution is -2.45. The molecule has 0 saturated heterocycles. The highest BCUT2D eigenvalue weighted by Gasteiger charge is 2.18. The number of H-pyrrole nitrogens is 1. The Hall–Kier alpha value is -1.88. The highest BCUT2D eigenvalue weighted by molar-refractivity contribution is 5.82. The normalized spacial score (nSPS) is 14.0. The summed E-state index contributed by atoms with van der Waals surface area (Å²) in [5.41, 5.74) is 10.4. The molecule has 0 saturated carbocycles. The topological polar surface area (TPSA) is 83.8 Å². The fourth-order valence-electron chi connectivity index (χ4n) is 2.42. The van der Waals surface area contributed by atoms with Crippen molar-refractivity contribution in [1.82, 2.24) is 15.3 Å². The maximum Gasteiger partial charge on any atom is 0.237 e. The molecule has 2 rings (SSSR count). The number of hydrogen-bond donors (Lipinski definition) is 3. The van der Waals surface area contributed by atoms with Crippen molar-refractivity contribution in [3.63, 3.8) is 0 Å². The van der Waals surface area contributed by atoms with Crippen molar-refractivity contribution in [3.8, 4) is 0 Å². The molecule has 0 aliphatic heterocycles. The van der Waals surface area contributed by atoms with Gasteiger partial charge in [0.05, 0.1) is 17.1 Å². The highest BCUT2D eigenvalue weighted by atomic mass is 16.2. The third-order valence-corrected chi connectivity index (χ3v) is 4.45. The van der Waals surface area contributed by atoms with Gasteiger partial charge in [-0.05, 0) is 37.0 Å². The third-order valence-electron chi connectivity index (χ3n) is 4.45. The number of aromatic nitrogens is 2. The van der Waals surface area contributed by atoms with Gasteiger partial charge in [0.25, 0.3) is 0 Å². The maximum atomic E-state index is 11.9. The molecule has 0 fully saturated rings. The van der Waals surface area contributed by atoms with Gasteiger partial charge < -0.3 is 16.0 Å². The van der Waals surface area contributed by atoms with Crippen LogP contribution < -0.4 is 11.1 Å². The number of carbonyl (C=O) groups excluding carboxylic acids is 1. The maximum absolute atomic E-state index is 11.9. The Bertz CT molecular complexity index is 662. The van der Waals surface area contributed by atoms with Gasteiger partial charge in [0.2, 0.25) is 5.91 Å². The Morgan fingerprint density at radius 2 is 2.14 bits per heavy atom. The largest absolute Gasteiger partial charge is 0.354 e. The van der Waals surface area contributed by atoms with E-state index in [1.54, 1.807) is 0 Å². The number of imidazole rings is 1. The summed E-state index contributed by atoms with van der Waals surface area (Å²) in [6.45, 7) is 8.74. The van der Waals surface area contributed by atoms with Crippen molar-refractivity contribution < 1.29 is 4.79 Å². The van der Waals surface area contributed by atoms with Gasteiger partial charge in [-0.3, -0.25) is 4.79 Å². The first-order valence-corrected chi connectivity index (χ1v) is 7.92. The molecule has 0 spiro atoms. The second-order valence-corrected chi connectivity index (χ2v) is 6.04. The summed E-state index contributed by atoms with van der Waals surface area (Å²) in [7, 11) is 0. The van der Waals surface area contributed by atoms with Gasteiger partial charge in [0.1, 0.15) is 5.82 Å². The van der Waals surface area contributed by atoms with Crippen LogP contribution in [0.4, 0.5) is 0 Å². The minimum atomic E-state index is -0.439. The molecule has 1 aromatic heterocycles. The number of carbonyl (C=O) groups is 1. The van der Waals surface area contributed by atoms with Crippen LogP contribution in [0.5, 0.6) is 0 Å². The van der Waals surface area contributed by atoms with E-state index in [0.29, 0.717) is 13.0 Å². The molecule has 1 amide bonds. The van der Waals surface area contributed by atoms with E-state index in [1.807, 2.05) is 19.9 Å². The zero-order valence-electron chi connectivity index (χ0n) is 13.9. The Kier molecular flexibility index (Phi) is 5.19. The number of nitrogens with one attached hydrogen (secondary N) is 2. The predicted molar refractivity (Wildman–Crippen MR) is 89.7 cm³/mol. The zero-order chi connectivity index (χ0) is 16.3. The van der Waals surface area contributed by atoms with E-state index in [1.165, 1.54) is 11.1 Å². The lowest BCUT2D eigenvalue weighted by molar-refractivity contribution is -0.123. The van der Waals surface area contributed by atoms with Gasteiger partial charge in [-0.2, -0.15) is 0 Å². The molecular weight excluding hydrogens is 276 g/mol. The molecule has 2 atom stereocenters. The van der Waals surface area contributed by atoms with Crippen molar-refractivity contribution >= 4 is 16.9 Å².